The van der Waals surface area contributed by atoms with Gasteiger partial charge >= 0.3 is 5.97 Å². The van der Waals surface area contributed by atoms with Crippen LogP contribution in [0.3, 0.4) is 0 Å². The molecule has 0 bridgehead atoms. The molecule has 252 valence electrons. The average molecular weight is 705 g/mol. The number of ether oxygens (including phenoxy) is 1. The Balaban J connectivity index is 1.41. The molecule has 1 heterocycles. The van der Waals surface area contributed by atoms with E-state index in [1.165, 1.54) is 30.4 Å². The highest BCUT2D eigenvalue weighted by atomic mass is 35.5. The van der Waals surface area contributed by atoms with Crippen LogP contribution in [0.4, 0.5) is 8.78 Å². The fraction of sp³-hybridized carbons (Fsp3) is 0.184. The number of nitrogens with zero attached hydrogens (tertiary/aromatic N) is 2. The predicted octanol–water partition coefficient (Wildman–Crippen LogP) is 9.33. The van der Waals surface area contributed by atoms with Crippen molar-refractivity contribution in [3.8, 4) is 17.0 Å². The molecule has 0 saturated carbocycles. The number of aromatic carboxylic acids is 1. The van der Waals surface area contributed by atoms with Gasteiger partial charge in [0.1, 0.15) is 29.8 Å². The zero-order valence-corrected chi connectivity index (χ0v) is 28.0. The van der Waals surface area contributed by atoms with E-state index in [4.69, 9.17) is 38.0 Å². The van der Waals surface area contributed by atoms with E-state index in [1.54, 1.807) is 30.3 Å². The van der Waals surface area contributed by atoms with Gasteiger partial charge in [0, 0.05) is 41.0 Å². The number of aromatic nitrogens is 2. The Labute approximate surface area is 292 Å². The quantitative estimate of drug-likeness (QED) is 0.112. The van der Waals surface area contributed by atoms with Crippen LogP contribution in [0.15, 0.2) is 97.2 Å². The highest BCUT2D eigenvalue weighted by Gasteiger charge is 2.23. The van der Waals surface area contributed by atoms with Gasteiger partial charge in [0.15, 0.2) is 0 Å². The van der Waals surface area contributed by atoms with Crippen molar-refractivity contribution in [2.75, 3.05) is 0 Å². The van der Waals surface area contributed by atoms with E-state index in [-0.39, 0.29) is 17.7 Å². The third-order valence-corrected chi connectivity index (χ3v) is 8.29. The number of carboxylic acids is 1. The number of hydrogen-bond acceptors (Lipinski definition) is 4. The molecule has 0 unspecified atom stereocenters. The lowest BCUT2D eigenvalue weighted by Gasteiger charge is -2.20. The number of benzene rings is 4. The summed E-state index contributed by atoms with van der Waals surface area (Å²) in [6.45, 7) is 2.98. The highest BCUT2D eigenvalue weighted by Crippen LogP contribution is 2.32. The van der Waals surface area contributed by atoms with Crippen LogP contribution in [0.2, 0.25) is 10.0 Å². The maximum Gasteiger partial charge on any atom is 0.335 e. The van der Waals surface area contributed by atoms with E-state index >= 15 is 0 Å². The molecule has 1 atom stereocenters. The molecule has 0 spiro atoms. The van der Waals surface area contributed by atoms with Crippen LogP contribution in [-0.2, 0) is 24.4 Å². The number of carbonyl (C=O) groups is 2. The summed E-state index contributed by atoms with van der Waals surface area (Å²) in [7, 11) is 0. The largest absolute Gasteiger partial charge is 0.489 e. The van der Waals surface area contributed by atoms with Gasteiger partial charge in [-0.25, -0.2) is 18.6 Å². The number of unbranched alkanes of at least 4 members (excludes halogenated alkanes) is 1. The van der Waals surface area contributed by atoms with Crippen LogP contribution in [0.25, 0.3) is 17.3 Å². The van der Waals surface area contributed by atoms with Crippen molar-refractivity contribution in [3.05, 3.63) is 147 Å². The molecule has 2 N–H and O–H groups in total. The normalized spacial score (nSPS) is 11.9. The lowest BCUT2D eigenvalue weighted by atomic mass is 10.0. The minimum absolute atomic E-state index is 0.0747. The second-order valence-corrected chi connectivity index (χ2v) is 12.2. The molecule has 5 aromatic rings. The van der Waals surface area contributed by atoms with Gasteiger partial charge in [0.05, 0.1) is 22.3 Å². The molecule has 0 aliphatic heterocycles. The summed E-state index contributed by atoms with van der Waals surface area (Å²) in [5, 5.41) is 13.1. The first-order chi connectivity index (χ1) is 23.6. The van der Waals surface area contributed by atoms with E-state index < -0.39 is 29.6 Å². The second kappa shape index (κ2) is 16.4. The molecule has 11 heteroatoms. The van der Waals surface area contributed by atoms with Crippen LogP contribution in [0, 0.1) is 11.6 Å². The van der Waals surface area contributed by atoms with Gasteiger partial charge < -0.3 is 19.7 Å². The van der Waals surface area contributed by atoms with Gasteiger partial charge in [-0.15, -0.1) is 0 Å². The third-order valence-electron chi connectivity index (χ3n) is 7.74. The molecule has 7 nitrogen and oxygen atoms in total. The fourth-order valence-electron chi connectivity index (χ4n) is 5.14. The molecule has 0 aliphatic rings. The van der Waals surface area contributed by atoms with E-state index in [1.807, 2.05) is 35.0 Å². The molecule has 1 amide bonds. The average Bonchev–Trinajstić information content (AvgIpc) is 3.50. The molecule has 4 aromatic carbocycles. The van der Waals surface area contributed by atoms with Crippen LogP contribution in [-0.4, -0.2) is 26.5 Å². The number of carbonyl (C=O) groups excluding carboxylic acids is 1. The Bertz CT molecular complexity index is 1960. The zero-order chi connectivity index (χ0) is 34.9. The molecule has 0 aliphatic carbocycles. The first-order valence-corrected chi connectivity index (χ1v) is 16.3. The van der Waals surface area contributed by atoms with E-state index in [9.17, 15) is 18.4 Å². The van der Waals surface area contributed by atoms with Gasteiger partial charge in [0.2, 0.25) is 5.91 Å². The van der Waals surface area contributed by atoms with Crippen molar-refractivity contribution >= 4 is 41.2 Å². The van der Waals surface area contributed by atoms with E-state index in [0.717, 1.165) is 36.1 Å². The molecular formula is C38H33Cl2F2N3O4. The first-order valence-electron chi connectivity index (χ1n) is 15.6. The van der Waals surface area contributed by atoms with Crippen LogP contribution in [0.5, 0.6) is 5.75 Å². The highest BCUT2D eigenvalue weighted by molar-refractivity contribution is 6.36. The molecule has 5 rings (SSSR count). The maximum atomic E-state index is 14.3. The van der Waals surface area contributed by atoms with Crippen molar-refractivity contribution in [1.82, 2.24) is 14.9 Å². The molecule has 0 radical (unpaired) electrons. The third kappa shape index (κ3) is 9.55. The first kappa shape index (κ1) is 35.3. The van der Waals surface area contributed by atoms with Gasteiger partial charge in [-0.1, -0.05) is 60.8 Å². The Morgan fingerprint density at radius 2 is 1.71 bits per heavy atom. The Morgan fingerprint density at radius 3 is 2.39 bits per heavy atom. The Kier molecular flexibility index (Phi) is 11.8. The summed E-state index contributed by atoms with van der Waals surface area (Å²) >= 11 is 12.7. The molecule has 1 aromatic heterocycles. The monoisotopic (exact) mass is 703 g/mol. The summed E-state index contributed by atoms with van der Waals surface area (Å²) in [6.07, 6.45) is 6.57. The summed E-state index contributed by atoms with van der Waals surface area (Å²) in [5.74, 6) is -1.75. The number of hydrogen-bond donors (Lipinski definition) is 2. The SMILES string of the molecule is CCCCn1cc(-c2ccc(Cl)cc2Cl)nc1[C@H](Cc1ccc(OCc2ccc(C(=O)O)cc2)cc1)NC(=O)/C=C/c1ccc(F)cc1F. The Hall–Kier alpha value is -4.99. The van der Waals surface area contributed by atoms with Crippen LogP contribution in [0.1, 0.15) is 58.7 Å². The lowest BCUT2D eigenvalue weighted by molar-refractivity contribution is -0.117. The standard InChI is InChI=1S/C38H33Cl2F2N3O4/c1-2-3-18-45-22-35(31-16-12-28(39)20-32(31)40)44-37(45)34(43-36(46)17-11-26-10-13-29(41)21-33(26)42)19-24-6-14-30(15-7-24)49-23-25-4-8-27(9-5-25)38(47)48/h4-17,20-22,34H,2-3,18-19,23H2,1H3,(H,43,46)(H,47,48)/b17-11+/t34-/m0/s1. The van der Waals surface area contributed by atoms with Crippen molar-refractivity contribution in [1.29, 1.82) is 0 Å². The maximum absolute atomic E-state index is 14.3. The number of halogens is 4. The minimum Gasteiger partial charge on any atom is -0.489 e. The minimum atomic E-state index is -0.992. The van der Waals surface area contributed by atoms with Crippen molar-refractivity contribution in [2.24, 2.45) is 0 Å². The van der Waals surface area contributed by atoms with Crippen LogP contribution >= 0.6 is 23.2 Å². The number of rotatable bonds is 14. The number of aryl methyl sites for hydroxylation is 1. The van der Waals surface area contributed by atoms with Crippen molar-refractivity contribution in [3.63, 3.8) is 0 Å². The summed E-state index contributed by atoms with van der Waals surface area (Å²) < 4.78 is 35.6. The van der Waals surface area contributed by atoms with E-state index in [0.29, 0.717) is 45.8 Å². The smallest absolute Gasteiger partial charge is 0.335 e. The van der Waals surface area contributed by atoms with Crippen molar-refractivity contribution in [2.45, 2.75) is 45.4 Å². The zero-order valence-electron chi connectivity index (χ0n) is 26.5. The fourth-order valence-corrected chi connectivity index (χ4v) is 5.64. The summed E-state index contributed by atoms with van der Waals surface area (Å²) in [5.41, 5.74) is 3.29. The van der Waals surface area contributed by atoms with Gasteiger partial charge in [0.25, 0.3) is 0 Å². The number of carboxylic acid groups (broad SMARTS) is 1. The Morgan fingerprint density at radius 1 is 0.980 bits per heavy atom. The molecule has 49 heavy (non-hydrogen) atoms. The topological polar surface area (TPSA) is 93.5 Å². The number of nitrogens with one attached hydrogen (secondary N) is 1. The predicted molar refractivity (Wildman–Crippen MR) is 187 cm³/mol. The lowest BCUT2D eigenvalue weighted by Crippen LogP contribution is -2.31. The van der Waals surface area contributed by atoms with Gasteiger partial charge in [-0.05, 0) is 84.6 Å². The summed E-state index contributed by atoms with van der Waals surface area (Å²) in [6, 6.07) is 21.6. The van der Waals surface area contributed by atoms with Crippen LogP contribution < -0.4 is 10.1 Å². The number of amides is 1. The molecule has 0 saturated heterocycles. The van der Waals surface area contributed by atoms with Gasteiger partial charge in [-0.3, -0.25) is 4.79 Å². The summed E-state index contributed by atoms with van der Waals surface area (Å²) in [4.78, 5) is 29.3. The second-order valence-electron chi connectivity index (χ2n) is 11.4. The van der Waals surface area contributed by atoms with E-state index in [2.05, 4.69) is 12.2 Å². The number of imidazole rings is 1. The van der Waals surface area contributed by atoms with Crippen molar-refractivity contribution < 1.29 is 28.2 Å². The molecular weight excluding hydrogens is 671 g/mol. The molecule has 0 fully saturated rings. The van der Waals surface area contributed by atoms with Gasteiger partial charge in [-0.2, -0.15) is 0 Å².